The molecule has 0 spiro atoms. The van der Waals surface area contributed by atoms with Crippen molar-refractivity contribution in [1.82, 2.24) is 4.31 Å². The summed E-state index contributed by atoms with van der Waals surface area (Å²) in [5, 5.41) is 13.5. The zero-order chi connectivity index (χ0) is 22.6. The van der Waals surface area contributed by atoms with Gasteiger partial charge in [-0.2, -0.15) is 9.21 Å². The molecule has 1 heterocycles. The molecule has 0 aliphatic heterocycles. The van der Waals surface area contributed by atoms with Crippen molar-refractivity contribution in [2.45, 2.75) is 23.5 Å². The van der Waals surface area contributed by atoms with Crippen molar-refractivity contribution in [2.75, 3.05) is 19.3 Å². The topological polar surface area (TPSA) is 113 Å². The van der Waals surface area contributed by atoms with Gasteiger partial charge in [-0.05, 0) is 29.3 Å². The third kappa shape index (κ3) is 5.34. The highest BCUT2D eigenvalue weighted by molar-refractivity contribution is 7.89. The molecule has 10 heteroatoms. The van der Waals surface area contributed by atoms with Crippen LogP contribution >= 0.6 is 11.3 Å². The highest BCUT2D eigenvalue weighted by atomic mass is 32.2. The molecule has 31 heavy (non-hydrogen) atoms. The Bertz CT molecular complexity index is 1140. The number of nitrogen functional groups attached to an aromatic ring is 1. The van der Waals surface area contributed by atoms with E-state index in [2.05, 4.69) is 5.18 Å². The van der Waals surface area contributed by atoms with Crippen molar-refractivity contribution < 1.29 is 17.9 Å². The van der Waals surface area contributed by atoms with Gasteiger partial charge >= 0.3 is 0 Å². The summed E-state index contributed by atoms with van der Waals surface area (Å²) in [6.07, 6.45) is -0.828. The number of nitroso groups, excluding NO2 is 1. The molecule has 0 bridgehead atoms. The number of nitrogens with zero attached hydrogens (tertiary/aromatic N) is 2. The summed E-state index contributed by atoms with van der Waals surface area (Å²) in [7, 11) is -2.72. The lowest BCUT2D eigenvalue weighted by Crippen LogP contribution is -2.31. The Morgan fingerprint density at radius 2 is 1.81 bits per heavy atom. The molecule has 3 aromatic rings. The van der Waals surface area contributed by atoms with Crippen LogP contribution < -0.4 is 5.73 Å². The molecule has 0 amide bonds. The number of hydrogen-bond donors (Lipinski definition) is 2. The second-order valence-corrected chi connectivity index (χ2v) is 10.2. The lowest BCUT2D eigenvalue weighted by molar-refractivity contribution is 0.155. The maximum absolute atomic E-state index is 13.1. The van der Waals surface area contributed by atoms with Crippen LogP contribution in [0.5, 0.6) is 0 Å². The van der Waals surface area contributed by atoms with Crippen molar-refractivity contribution in [3.05, 3.63) is 87.4 Å². The Hall–Kier alpha value is -2.66. The molecular formula is C21H22FN3O4S2. The lowest BCUT2D eigenvalue weighted by atomic mass is 10.1. The average Bonchev–Trinajstić information content (AvgIpc) is 3.15. The number of benzene rings is 2. The first-order valence-electron chi connectivity index (χ1n) is 9.38. The second kappa shape index (κ2) is 9.65. The summed E-state index contributed by atoms with van der Waals surface area (Å²) in [5.41, 5.74) is 7.25. The van der Waals surface area contributed by atoms with Gasteiger partial charge in [-0.15, -0.1) is 11.3 Å². The lowest BCUT2D eigenvalue weighted by Gasteiger charge is -2.20. The minimum atomic E-state index is -4.03. The van der Waals surface area contributed by atoms with Gasteiger partial charge in [0, 0.05) is 24.9 Å². The Morgan fingerprint density at radius 3 is 2.42 bits per heavy atom. The molecule has 0 aliphatic rings. The van der Waals surface area contributed by atoms with E-state index in [9.17, 15) is 22.8 Å². The van der Waals surface area contributed by atoms with Gasteiger partial charge in [-0.25, -0.2) is 12.8 Å². The number of hydrogen-bond acceptors (Lipinski definition) is 7. The van der Waals surface area contributed by atoms with Crippen LogP contribution in [0.2, 0.25) is 0 Å². The van der Waals surface area contributed by atoms with Gasteiger partial charge in [0.15, 0.2) is 0 Å². The van der Waals surface area contributed by atoms with E-state index in [1.807, 2.05) is 30.3 Å². The van der Waals surface area contributed by atoms with E-state index in [4.69, 9.17) is 5.73 Å². The second-order valence-electron chi connectivity index (χ2n) is 7.04. The van der Waals surface area contributed by atoms with Gasteiger partial charge in [0.2, 0.25) is 10.0 Å². The number of thiophene rings is 1. The van der Waals surface area contributed by atoms with Crippen LogP contribution in [0.25, 0.3) is 0 Å². The summed E-state index contributed by atoms with van der Waals surface area (Å²) in [6.45, 7) is -0.252. The van der Waals surface area contributed by atoms with Gasteiger partial charge in [0.25, 0.3) is 0 Å². The molecule has 2 unspecified atom stereocenters. The van der Waals surface area contributed by atoms with Crippen LogP contribution in [0.15, 0.2) is 70.7 Å². The number of anilines is 1. The van der Waals surface area contributed by atoms with Crippen molar-refractivity contribution in [1.29, 1.82) is 0 Å². The van der Waals surface area contributed by atoms with E-state index in [-0.39, 0.29) is 16.4 Å². The van der Waals surface area contributed by atoms with Gasteiger partial charge in [-0.1, -0.05) is 47.6 Å². The molecule has 0 aliphatic carbocycles. The zero-order valence-corrected chi connectivity index (χ0v) is 18.3. The van der Waals surface area contributed by atoms with Gasteiger partial charge in [-0.3, -0.25) is 0 Å². The van der Waals surface area contributed by atoms with Crippen LogP contribution in [-0.2, 0) is 16.4 Å². The molecule has 7 nitrogen and oxygen atoms in total. The molecule has 0 saturated heterocycles. The molecule has 0 saturated carbocycles. The molecular weight excluding hydrogens is 441 g/mol. The van der Waals surface area contributed by atoms with Crippen molar-refractivity contribution in [3.63, 3.8) is 0 Å². The van der Waals surface area contributed by atoms with E-state index in [1.54, 1.807) is 0 Å². The molecule has 3 N–H and O–H groups in total. The van der Waals surface area contributed by atoms with Crippen LogP contribution in [0.1, 0.15) is 28.1 Å². The number of rotatable bonds is 9. The predicted octanol–water partition coefficient (Wildman–Crippen LogP) is 3.87. The largest absolute Gasteiger partial charge is 0.389 e. The molecule has 0 radical (unpaired) electrons. The minimum Gasteiger partial charge on any atom is -0.389 e. The molecule has 1 aromatic heterocycles. The SMILES string of the molecule is CN(CC(O)c1ccc(F)cc1)S(=O)(=O)c1cc(C(Cc2ccccc2)N=O)sc1N. The normalized spacial score (nSPS) is 13.8. The van der Waals surface area contributed by atoms with Crippen LogP contribution in [-0.4, -0.2) is 31.4 Å². The molecule has 0 fully saturated rings. The van der Waals surface area contributed by atoms with E-state index in [0.717, 1.165) is 21.2 Å². The van der Waals surface area contributed by atoms with Crippen LogP contribution in [0.3, 0.4) is 0 Å². The molecule has 164 valence electrons. The minimum absolute atomic E-state index is 0.0415. The fraction of sp³-hybridized carbons (Fsp3) is 0.238. The fourth-order valence-corrected chi connectivity index (χ4v) is 5.67. The van der Waals surface area contributed by atoms with Crippen molar-refractivity contribution in [2.24, 2.45) is 5.18 Å². The standard InChI is InChI=1S/C21H22FN3O4S2/c1-25(13-18(26)15-7-9-16(22)10-8-15)31(28,29)20-12-19(30-21(20)23)17(24-27)11-14-5-3-2-4-6-14/h2-10,12,17-18,26H,11,13,23H2,1H3. The van der Waals surface area contributed by atoms with E-state index < -0.39 is 28.0 Å². The van der Waals surface area contributed by atoms with Gasteiger partial charge in [0.1, 0.15) is 21.8 Å². The summed E-state index contributed by atoms with van der Waals surface area (Å²) >= 11 is 1.00. The van der Waals surface area contributed by atoms with Crippen LogP contribution in [0, 0.1) is 10.7 Å². The first kappa shape index (κ1) is 23.0. The molecule has 3 rings (SSSR count). The summed E-state index contributed by atoms with van der Waals surface area (Å²) in [5.74, 6) is -0.454. The number of likely N-dealkylation sites (N-methyl/N-ethyl adjacent to an activating group) is 1. The maximum atomic E-state index is 13.1. The predicted molar refractivity (Wildman–Crippen MR) is 119 cm³/mol. The number of nitrogens with two attached hydrogens (primary N) is 1. The number of sulfonamides is 1. The third-order valence-electron chi connectivity index (χ3n) is 4.84. The zero-order valence-electron chi connectivity index (χ0n) is 16.7. The third-order valence-corrected chi connectivity index (χ3v) is 7.90. The summed E-state index contributed by atoms with van der Waals surface area (Å²) in [4.78, 5) is 11.7. The fourth-order valence-electron chi connectivity index (χ4n) is 3.10. The Balaban J connectivity index is 1.79. The maximum Gasteiger partial charge on any atom is 0.245 e. The number of aliphatic hydroxyl groups excluding tert-OH is 1. The molecule has 2 aromatic carbocycles. The van der Waals surface area contributed by atoms with E-state index in [0.29, 0.717) is 16.9 Å². The highest BCUT2D eigenvalue weighted by Gasteiger charge is 2.29. The summed E-state index contributed by atoms with van der Waals surface area (Å²) < 4.78 is 40.1. The Labute approximate surface area is 184 Å². The van der Waals surface area contributed by atoms with Gasteiger partial charge < -0.3 is 10.8 Å². The monoisotopic (exact) mass is 463 g/mol. The first-order valence-corrected chi connectivity index (χ1v) is 11.6. The van der Waals surface area contributed by atoms with Crippen molar-refractivity contribution in [3.8, 4) is 0 Å². The average molecular weight is 464 g/mol. The van der Waals surface area contributed by atoms with Crippen molar-refractivity contribution >= 4 is 26.4 Å². The van der Waals surface area contributed by atoms with Crippen LogP contribution in [0.4, 0.5) is 9.39 Å². The summed E-state index contributed by atoms with van der Waals surface area (Å²) in [6, 6.07) is 15.0. The molecule has 2 atom stereocenters. The van der Waals surface area contributed by atoms with E-state index >= 15 is 0 Å². The Morgan fingerprint density at radius 1 is 1.16 bits per heavy atom. The number of halogens is 1. The van der Waals surface area contributed by atoms with E-state index in [1.165, 1.54) is 37.4 Å². The first-order chi connectivity index (χ1) is 14.7. The van der Waals surface area contributed by atoms with Gasteiger partial charge in [0.05, 0.1) is 6.10 Å². The smallest absolute Gasteiger partial charge is 0.245 e. The highest BCUT2D eigenvalue weighted by Crippen LogP contribution is 2.37. The Kier molecular flexibility index (Phi) is 7.16. The number of aliphatic hydroxyl groups is 1. The quantitative estimate of drug-likeness (QED) is 0.468.